The van der Waals surface area contributed by atoms with E-state index in [4.69, 9.17) is 4.74 Å². The lowest BCUT2D eigenvalue weighted by Crippen LogP contribution is -2.44. The molecular weight excluding hydrogens is 280 g/mol. The molecular formula is C13H20N2O4S. The van der Waals surface area contributed by atoms with Crippen LogP contribution < -0.4 is 5.32 Å². The zero-order valence-electron chi connectivity index (χ0n) is 12.1. The number of thiazole rings is 1. The maximum absolute atomic E-state index is 12.2. The number of amides is 1. The molecule has 1 aromatic rings. The molecule has 0 aromatic carbocycles. The Morgan fingerprint density at radius 3 is 2.65 bits per heavy atom. The van der Waals surface area contributed by atoms with Crippen LogP contribution in [0.2, 0.25) is 0 Å². The first kappa shape index (κ1) is 16.6. The zero-order valence-corrected chi connectivity index (χ0v) is 12.9. The Bertz CT molecular complexity index is 487. The molecule has 6 nitrogen and oxygen atoms in total. The van der Waals surface area contributed by atoms with E-state index >= 15 is 0 Å². The largest absolute Gasteiger partial charge is 0.480 e. The molecule has 1 aromatic heterocycles. The first-order valence-electron chi connectivity index (χ1n) is 6.39. The second kappa shape index (κ2) is 7.35. The number of carbonyl (C=O) groups excluding carboxylic acids is 1. The van der Waals surface area contributed by atoms with Crippen LogP contribution in [0.25, 0.3) is 0 Å². The fraction of sp³-hybridized carbons (Fsp3) is 0.615. The molecule has 0 radical (unpaired) electrons. The molecule has 0 spiro atoms. The number of nitrogens with zero attached hydrogens (tertiary/aromatic N) is 1. The predicted molar refractivity (Wildman–Crippen MR) is 75.9 cm³/mol. The highest BCUT2D eigenvalue weighted by Gasteiger charge is 2.27. The number of aromatic nitrogens is 1. The number of rotatable bonds is 7. The van der Waals surface area contributed by atoms with Crippen molar-refractivity contribution < 1.29 is 19.4 Å². The number of carbonyl (C=O) groups is 2. The van der Waals surface area contributed by atoms with Crippen LogP contribution >= 0.6 is 11.3 Å². The molecule has 1 heterocycles. The highest BCUT2D eigenvalue weighted by atomic mass is 32.1. The van der Waals surface area contributed by atoms with E-state index in [1.165, 1.54) is 11.3 Å². The van der Waals surface area contributed by atoms with Gasteiger partial charge in [-0.25, -0.2) is 9.78 Å². The summed E-state index contributed by atoms with van der Waals surface area (Å²) in [6.45, 7) is 5.76. The van der Waals surface area contributed by atoms with Gasteiger partial charge in [0.05, 0.1) is 12.3 Å². The third kappa shape index (κ3) is 4.01. The standard InChI is InChI=1S/C13H20N2O4S/c1-5-7(2)10(13(17)18)15-12(16)11-8(3)14-9(20-11)6-19-4/h7,10H,5-6H2,1-4H3,(H,15,16)(H,17,18). The quantitative estimate of drug-likeness (QED) is 0.802. The Balaban J connectivity index is 2.86. The number of aryl methyl sites for hydroxylation is 1. The van der Waals surface area contributed by atoms with Crippen molar-refractivity contribution >= 4 is 23.2 Å². The smallest absolute Gasteiger partial charge is 0.326 e. The Kier molecular flexibility index (Phi) is 6.09. The van der Waals surface area contributed by atoms with Crippen LogP contribution in [0.5, 0.6) is 0 Å². The van der Waals surface area contributed by atoms with Crippen LogP contribution in [-0.2, 0) is 16.1 Å². The molecule has 2 N–H and O–H groups in total. The van der Waals surface area contributed by atoms with Gasteiger partial charge in [-0.1, -0.05) is 20.3 Å². The van der Waals surface area contributed by atoms with Gasteiger partial charge in [0.2, 0.25) is 0 Å². The van der Waals surface area contributed by atoms with Gasteiger partial charge >= 0.3 is 5.97 Å². The first-order valence-corrected chi connectivity index (χ1v) is 7.21. The zero-order chi connectivity index (χ0) is 15.3. The van der Waals surface area contributed by atoms with E-state index in [1.54, 1.807) is 21.0 Å². The fourth-order valence-corrected chi connectivity index (χ4v) is 2.68. The van der Waals surface area contributed by atoms with Gasteiger partial charge in [0.25, 0.3) is 5.91 Å². The summed E-state index contributed by atoms with van der Waals surface area (Å²) in [6, 6.07) is -0.889. The Morgan fingerprint density at radius 1 is 1.50 bits per heavy atom. The molecule has 20 heavy (non-hydrogen) atoms. The normalized spacial score (nSPS) is 13.8. The van der Waals surface area contributed by atoms with Crippen molar-refractivity contribution in [3.63, 3.8) is 0 Å². The Morgan fingerprint density at radius 2 is 2.15 bits per heavy atom. The van der Waals surface area contributed by atoms with Gasteiger partial charge in [0.1, 0.15) is 15.9 Å². The second-order valence-electron chi connectivity index (χ2n) is 4.63. The summed E-state index contributed by atoms with van der Waals surface area (Å²) in [6.07, 6.45) is 0.674. The molecule has 1 amide bonds. The third-order valence-electron chi connectivity index (χ3n) is 3.08. The molecule has 112 valence electrons. The first-order chi connectivity index (χ1) is 9.40. The number of hydrogen-bond acceptors (Lipinski definition) is 5. The van der Waals surface area contributed by atoms with Crippen LogP contribution in [0.15, 0.2) is 0 Å². The molecule has 0 bridgehead atoms. The molecule has 0 fully saturated rings. The van der Waals surface area contributed by atoms with E-state index in [0.29, 0.717) is 28.6 Å². The fourth-order valence-electron chi connectivity index (χ4n) is 1.74. The number of ether oxygens (including phenoxy) is 1. The van der Waals surface area contributed by atoms with Gasteiger partial charge in [-0.2, -0.15) is 0 Å². The van der Waals surface area contributed by atoms with E-state index in [2.05, 4.69) is 10.3 Å². The van der Waals surface area contributed by atoms with Crippen molar-refractivity contribution in [3.05, 3.63) is 15.6 Å². The molecule has 1 rings (SSSR count). The van der Waals surface area contributed by atoms with Crippen molar-refractivity contribution in [2.24, 2.45) is 5.92 Å². The van der Waals surface area contributed by atoms with E-state index in [-0.39, 0.29) is 5.92 Å². The highest BCUT2D eigenvalue weighted by Crippen LogP contribution is 2.19. The van der Waals surface area contributed by atoms with Crippen LogP contribution in [0.1, 0.15) is 40.6 Å². The third-order valence-corrected chi connectivity index (χ3v) is 4.21. The maximum atomic E-state index is 12.2. The minimum Gasteiger partial charge on any atom is -0.480 e. The highest BCUT2D eigenvalue weighted by molar-refractivity contribution is 7.13. The Labute approximate surface area is 122 Å². The topological polar surface area (TPSA) is 88.5 Å². The van der Waals surface area contributed by atoms with Crippen LogP contribution in [0.4, 0.5) is 0 Å². The van der Waals surface area contributed by atoms with Gasteiger partial charge in [0.15, 0.2) is 0 Å². The van der Waals surface area contributed by atoms with Gasteiger partial charge in [-0.05, 0) is 12.8 Å². The van der Waals surface area contributed by atoms with E-state index in [0.717, 1.165) is 0 Å². The lowest BCUT2D eigenvalue weighted by Gasteiger charge is -2.19. The van der Waals surface area contributed by atoms with E-state index < -0.39 is 17.9 Å². The summed E-state index contributed by atoms with van der Waals surface area (Å²) >= 11 is 1.22. The minimum absolute atomic E-state index is 0.136. The van der Waals surface area contributed by atoms with Crippen molar-refractivity contribution in [2.75, 3.05) is 7.11 Å². The van der Waals surface area contributed by atoms with Gasteiger partial charge in [-0.15, -0.1) is 11.3 Å². The van der Waals surface area contributed by atoms with Gasteiger partial charge < -0.3 is 15.2 Å². The number of nitrogens with one attached hydrogen (secondary N) is 1. The number of aliphatic carboxylic acids is 1. The number of carboxylic acids is 1. The minimum atomic E-state index is -1.02. The molecule has 2 atom stereocenters. The van der Waals surface area contributed by atoms with E-state index in [1.807, 2.05) is 6.92 Å². The predicted octanol–water partition coefficient (Wildman–Crippen LogP) is 1.83. The van der Waals surface area contributed by atoms with Crippen LogP contribution in [0.3, 0.4) is 0 Å². The summed E-state index contributed by atoms with van der Waals surface area (Å²) in [4.78, 5) is 28.0. The SMILES string of the molecule is CCC(C)C(NC(=O)c1sc(COC)nc1C)C(=O)O. The maximum Gasteiger partial charge on any atom is 0.326 e. The van der Waals surface area contributed by atoms with Crippen LogP contribution in [0, 0.1) is 12.8 Å². The van der Waals surface area contributed by atoms with Crippen molar-refractivity contribution in [2.45, 2.75) is 39.8 Å². The van der Waals surface area contributed by atoms with Crippen molar-refractivity contribution in [1.82, 2.24) is 10.3 Å². The Hall–Kier alpha value is -1.47. The summed E-state index contributed by atoms with van der Waals surface area (Å²) in [7, 11) is 1.56. The van der Waals surface area contributed by atoms with Gasteiger partial charge in [0, 0.05) is 7.11 Å². The second-order valence-corrected chi connectivity index (χ2v) is 5.71. The molecule has 0 saturated carbocycles. The summed E-state index contributed by atoms with van der Waals surface area (Å²) in [5, 5.41) is 12.5. The van der Waals surface area contributed by atoms with Crippen LogP contribution in [-0.4, -0.2) is 35.1 Å². The average molecular weight is 300 g/mol. The number of hydrogen-bond donors (Lipinski definition) is 2. The monoisotopic (exact) mass is 300 g/mol. The molecule has 0 saturated heterocycles. The summed E-state index contributed by atoms with van der Waals surface area (Å²) < 4.78 is 4.97. The van der Waals surface area contributed by atoms with E-state index in [9.17, 15) is 14.7 Å². The summed E-state index contributed by atoms with van der Waals surface area (Å²) in [5.74, 6) is -1.55. The molecule has 2 unspecified atom stereocenters. The van der Waals surface area contributed by atoms with Crippen molar-refractivity contribution in [1.29, 1.82) is 0 Å². The van der Waals surface area contributed by atoms with Gasteiger partial charge in [-0.3, -0.25) is 4.79 Å². The lowest BCUT2D eigenvalue weighted by molar-refractivity contribution is -0.140. The number of methoxy groups -OCH3 is 1. The van der Waals surface area contributed by atoms with Crippen molar-refractivity contribution in [3.8, 4) is 0 Å². The molecule has 0 aliphatic rings. The average Bonchev–Trinajstić information content (AvgIpc) is 2.76. The molecule has 0 aliphatic heterocycles. The summed E-state index contributed by atoms with van der Waals surface area (Å²) in [5.41, 5.74) is 0.591. The lowest BCUT2D eigenvalue weighted by atomic mass is 9.99. The number of carboxylic acid groups (broad SMARTS) is 1. The molecule has 0 aliphatic carbocycles. The molecule has 7 heteroatoms.